The van der Waals surface area contributed by atoms with Crippen LogP contribution in [0.25, 0.3) is 0 Å². The Morgan fingerprint density at radius 1 is 1.33 bits per heavy atom. The van der Waals surface area contributed by atoms with E-state index in [9.17, 15) is 4.79 Å². The molecule has 0 fully saturated rings. The number of carbonyl (C=O) groups is 1. The standard InChI is InChI=1S/C12H17NO2/c1-8(2)10-7-9(12(14)15)5-6-11(10)13(3)4/h5-8H,1-4H3,(H,14,15). The lowest BCUT2D eigenvalue weighted by atomic mass is 9.98. The predicted molar refractivity (Wildman–Crippen MR) is 61.8 cm³/mol. The Morgan fingerprint density at radius 2 is 1.93 bits per heavy atom. The van der Waals surface area contributed by atoms with Gasteiger partial charge >= 0.3 is 5.97 Å². The number of hydrogen-bond donors (Lipinski definition) is 1. The molecule has 0 amide bonds. The Hall–Kier alpha value is -1.51. The summed E-state index contributed by atoms with van der Waals surface area (Å²) in [4.78, 5) is 12.8. The molecule has 0 radical (unpaired) electrons. The molecule has 1 aromatic rings. The third kappa shape index (κ3) is 2.49. The normalized spacial score (nSPS) is 10.5. The fourth-order valence-electron chi connectivity index (χ4n) is 1.56. The quantitative estimate of drug-likeness (QED) is 0.828. The fraction of sp³-hybridized carbons (Fsp3) is 0.417. The number of carboxylic acids is 1. The number of anilines is 1. The summed E-state index contributed by atoms with van der Waals surface area (Å²) in [5, 5.41) is 8.91. The summed E-state index contributed by atoms with van der Waals surface area (Å²) >= 11 is 0. The number of nitrogens with zero attached hydrogens (tertiary/aromatic N) is 1. The van der Waals surface area contributed by atoms with Gasteiger partial charge in [0.05, 0.1) is 5.56 Å². The van der Waals surface area contributed by atoms with Crippen molar-refractivity contribution in [2.75, 3.05) is 19.0 Å². The summed E-state index contributed by atoms with van der Waals surface area (Å²) < 4.78 is 0. The van der Waals surface area contributed by atoms with Crippen molar-refractivity contribution in [3.63, 3.8) is 0 Å². The van der Waals surface area contributed by atoms with Crippen LogP contribution in [-0.4, -0.2) is 25.2 Å². The molecule has 0 aliphatic heterocycles. The summed E-state index contributed by atoms with van der Waals surface area (Å²) in [5.41, 5.74) is 2.50. The van der Waals surface area contributed by atoms with Gasteiger partial charge in [-0.3, -0.25) is 0 Å². The van der Waals surface area contributed by atoms with Gasteiger partial charge in [0.1, 0.15) is 0 Å². The van der Waals surface area contributed by atoms with Crippen LogP contribution in [0.4, 0.5) is 5.69 Å². The molecule has 1 rings (SSSR count). The first-order valence-electron chi connectivity index (χ1n) is 4.98. The molecule has 0 aliphatic carbocycles. The fourth-order valence-corrected chi connectivity index (χ4v) is 1.56. The number of aromatic carboxylic acids is 1. The van der Waals surface area contributed by atoms with Crippen molar-refractivity contribution >= 4 is 11.7 Å². The SMILES string of the molecule is CC(C)c1cc(C(=O)O)ccc1N(C)C. The van der Waals surface area contributed by atoms with E-state index in [0.29, 0.717) is 11.5 Å². The van der Waals surface area contributed by atoms with Crippen LogP contribution in [0, 0.1) is 0 Å². The van der Waals surface area contributed by atoms with E-state index >= 15 is 0 Å². The highest BCUT2D eigenvalue weighted by Gasteiger charge is 2.11. The molecule has 3 nitrogen and oxygen atoms in total. The average molecular weight is 207 g/mol. The van der Waals surface area contributed by atoms with Crippen LogP contribution < -0.4 is 4.90 Å². The lowest BCUT2D eigenvalue weighted by Crippen LogP contribution is -2.12. The van der Waals surface area contributed by atoms with E-state index in [2.05, 4.69) is 13.8 Å². The first kappa shape index (κ1) is 11.6. The molecule has 3 heteroatoms. The highest BCUT2D eigenvalue weighted by molar-refractivity contribution is 5.88. The van der Waals surface area contributed by atoms with Gasteiger partial charge in [-0.2, -0.15) is 0 Å². The number of benzene rings is 1. The van der Waals surface area contributed by atoms with Gasteiger partial charge in [0.25, 0.3) is 0 Å². The minimum Gasteiger partial charge on any atom is -0.478 e. The first-order valence-corrected chi connectivity index (χ1v) is 4.98. The average Bonchev–Trinajstić information content (AvgIpc) is 2.16. The van der Waals surface area contributed by atoms with Crippen molar-refractivity contribution in [3.8, 4) is 0 Å². The predicted octanol–water partition coefficient (Wildman–Crippen LogP) is 2.57. The van der Waals surface area contributed by atoms with Crippen molar-refractivity contribution in [2.24, 2.45) is 0 Å². The van der Waals surface area contributed by atoms with Crippen LogP contribution in [-0.2, 0) is 0 Å². The molecule has 82 valence electrons. The second-order valence-corrected chi connectivity index (χ2v) is 4.13. The Morgan fingerprint density at radius 3 is 2.33 bits per heavy atom. The van der Waals surface area contributed by atoms with Crippen molar-refractivity contribution in [1.29, 1.82) is 0 Å². The molecule has 0 saturated carbocycles. The van der Waals surface area contributed by atoms with Crippen molar-refractivity contribution in [1.82, 2.24) is 0 Å². The molecule has 0 aliphatic rings. The minimum atomic E-state index is -0.873. The summed E-state index contributed by atoms with van der Waals surface area (Å²) in [6, 6.07) is 5.25. The van der Waals surface area contributed by atoms with Gasteiger partial charge in [0.2, 0.25) is 0 Å². The summed E-state index contributed by atoms with van der Waals surface area (Å²) in [6.07, 6.45) is 0. The van der Waals surface area contributed by atoms with Crippen molar-refractivity contribution in [2.45, 2.75) is 19.8 Å². The van der Waals surface area contributed by atoms with Crippen LogP contribution in [0.1, 0.15) is 35.7 Å². The number of carboxylic acid groups (broad SMARTS) is 1. The summed E-state index contributed by atoms with van der Waals surface area (Å²) in [7, 11) is 3.92. The van der Waals surface area contributed by atoms with E-state index in [1.54, 1.807) is 12.1 Å². The van der Waals surface area contributed by atoms with Crippen LogP contribution in [0.2, 0.25) is 0 Å². The Labute approximate surface area is 90.3 Å². The van der Waals surface area contributed by atoms with Crippen LogP contribution >= 0.6 is 0 Å². The lowest BCUT2D eigenvalue weighted by molar-refractivity contribution is 0.0697. The van der Waals surface area contributed by atoms with Crippen molar-refractivity contribution in [3.05, 3.63) is 29.3 Å². The highest BCUT2D eigenvalue weighted by Crippen LogP contribution is 2.27. The van der Waals surface area contributed by atoms with E-state index in [0.717, 1.165) is 11.3 Å². The molecule has 0 unspecified atom stereocenters. The van der Waals surface area contributed by atoms with Gasteiger partial charge in [-0.1, -0.05) is 13.8 Å². The number of rotatable bonds is 3. The van der Waals surface area contributed by atoms with Crippen LogP contribution in [0.5, 0.6) is 0 Å². The van der Waals surface area contributed by atoms with E-state index in [-0.39, 0.29) is 0 Å². The Bertz CT molecular complexity index is 370. The molecule has 1 aromatic carbocycles. The van der Waals surface area contributed by atoms with Gasteiger partial charge in [-0.15, -0.1) is 0 Å². The second-order valence-electron chi connectivity index (χ2n) is 4.13. The molecule has 1 N–H and O–H groups in total. The van der Waals surface area contributed by atoms with Gasteiger partial charge in [-0.05, 0) is 29.7 Å². The maximum absolute atomic E-state index is 10.8. The van der Waals surface area contributed by atoms with E-state index in [1.165, 1.54) is 0 Å². The maximum Gasteiger partial charge on any atom is 0.335 e. The smallest absolute Gasteiger partial charge is 0.335 e. The topological polar surface area (TPSA) is 40.5 Å². The molecule has 15 heavy (non-hydrogen) atoms. The molecule has 0 heterocycles. The first-order chi connectivity index (χ1) is 6.93. The molecule has 0 atom stereocenters. The molecular weight excluding hydrogens is 190 g/mol. The zero-order valence-electron chi connectivity index (χ0n) is 9.61. The zero-order chi connectivity index (χ0) is 11.6. The monoisotopic (exact) mass is 207 g/mol. The lowest BCUT2D eigenvalue weighted by Gasteiger charge is -2.20. The highest BCUT2D eigenvalue weighted by atomic mass is 16.4. The van der Waals surface area contributed by atoms with E-state index in [4.69, 9.17) is 5.11 Å². The van der Waals surface area contributed by atoms with Gasteiger partial charge in [0.15, 0.2) is 0 Å². The van der Waals surface area contributed by atoms with E-state index < -0.39 is 5.97 Å². The van der Waals surface area contributed by atoms with E-state index in [1.807, 2.05) is 25.1 Å². The third-order valence-corrected chi connectivity index (χ3v) is 2.38. The molecule has 0 aromatic heterocycles. The maximum atomic E-state index is 10.8. The summed E-state index contributed by atoms with van der Waals surface area (Å²) in [6.45, 7) is 4.13. The Balaban J connectivity index is 3.27. The second kappa shape index (κ2) is 4.34. The largest absolute Gasteiger partial charge is 0.478 e. The number of hydrogen-bond acceptors (Lipinski definition) is 2. The van der Waals surface area contributed by atoms with Gasteiger partial charge in [0, 0.05) is 19.8 Å². The molecule has 0 spiro atoms. The molecule has 0 saturated heterocycles. The van der Waals surface area contributed by atoms with Crippen LogP contribution in [0.15, 0.2) is 18.2 Å². The van der Waals surface area contributed by atoms with Gasteiger partial charge < -0.3 is 10.0 Å². The molecule has 0 bridgehead atoms. The van der Waals surface area contributed by atoms with Gasteiger partial charge in [-0.25, -0.2) is 4.79 Å². The Kier molecular flexibility index (Phi) is 3.35. The minimum absolute atomic E-state index is 0.321. The molecular formula is C12H17NO2. The van der Waals surface area contributed by atoms with Crippen LogP contribution in [0.3, 0.4) is 0 Å². The summed E-state index contributed by atoms with van der Waals surface area (Å²) in [5.74, 6) is -0.552. The zero-order valence-corrected chi connectivity index (χ0v) is 9.61. The van der Waals surface area contributed by atoms with Crippen molar-refractivity contribution < 1.29 is 9.90 Å². The third-order valence-electron chi connectivity index (χ3n) is 2.38.